The summed E-state index contributed by atoms with van der Waals surface area (Å²) < 4.78 is 5.00. The van der Waals surface area contributed by atoms with Crippen molar-refractivity contribution in [2.45, 2.75) is 19.4 Å². The van der Waals surface area contributed by atoms with E-state index in [9.17, 15) is 4.79 Å². The van der Waals surface area contributed by atoms with Gasteiger partial charge in [-0.25, -0.2) is 0 Å². The molecule has 0 saturated carbocycles. The molecule has 1 aliphatic rings. The number of nitrogens with two attached hydrogens (primary N) is 1. The van der Waals surface area contributed by atoms with E-state index in [-0.39, 0.29) is 11.9 Å². The van der Waals surface area contributed by atoms with Gasteiger partial charge >= 0.3 is 0 Å². The summed E-state index contributed by atoms with van der Waals surface area (Å²) in [6, 6.07) is 5.91. The van der Waals surface area contributed by atoms with E-state index in [0.29, 0.717) is 13.2 Å². The van der Waals surface area contributed by atoms with Crippen molar-refractivity contribution in [3.8, 4) is 0 Å². The van der Waals surface area contributed by atoms with Gasteiger partial charge in [-0.15, -0.1) is 0 Å². The number of nitrogen functional groups attached to an aromatic ring is 1. The van der Waals surface area contributed by atoms with Crippen molar-refractivity contribution in [3.05, 3.63) is 23.8 Å². The van der Waals surface area contributed by atoms with Crippen LogP contribution in [-0.2, 0) is 16.0 Å². The molecule has 0 bridgehead atoms. The second kappa shape index (κ2) is 5.93. The first-order valence-electron chi connectivity index (χ1n) is 6.52. The van der Waals surface area contributed by atoms with E-state index in [1.54, 1.807) is 7.11 Å². The summed E-state index contributed by atoms with van der Waals surface area (Å²) in [6.45, 7) is 3.68. The molecule has 0 fully saturated rings. The topological polar surface area (TPSA) is 67.6 Å². The Hall–Kier alpha value is -1.75. The van der Waals surface area contributed by atoms with Gasteiger partial charge in [0.2, 0.25) is 5.91 Å². The predicted octanol–water partition coefficient (Wildman–Crippen LogP) is 0.782. The van der Waals surface area contributed by atoms with Crippen LogP contribution in [0.2, 0.25) is 0 Å². The summed E-state index contributed by atoms with van der Waals surface area (Å²) >= 11 is 0. The van der Waals surface area contributed by atoms with Crippen molar-refractivity contribution in [3.63, 3.8) is 0 Å². The van der Waals surface area contributed by atoms with Gasteiger partial charge in [-0.05, 0) is 31.0 Å². The molecule has 1 aliphatic heterocycles. The SMILES string of the molecule is COCC(C)NC(=O)CN1CCc2ccc(N)cc21. The average molecular weight is 263 g/mol. The predicted molar refractivity (Wildman–Crippen MR) is 76.3 cm³/mol. The number of benzene rings is 1. The zero-order valence-electron chi connectivity index (χ0n) is 11.5. The Morgan fingerprint density at radius 2 is 2.37 bits per heavy atom. The molecule has 2 rings (SSSR count). The molecule has 1 aromatic carbocycles. The van der Waals surface area contributed by atoms with Crippen molar-refractivity contribution in [1.29, 1.82) is 0 Å². The maximum Gasteiger partial charge on any atom is 0.239 e. The van der Waals surface area contributed by atoms with Crippen molar-refractivity contribution in [2.24, 2.45) is 0 Å². The van der Waals surface area contributed by atoms with E-state index in [0.717, 1.165) is 24.3 Å². The first-order chi connectivity index (χ1) is 9.10. The highest BCUT2D eigenvalue weighted by Crippen LogP contribution is 2.29. The molecule has 0 spiro atoms. The minimum absolute atomic E-state index is 0.0137. The number of fused-ring (bicyclic) bond motifs is 1. The third-order valence-corrected chi connectivity index (χ3v) is 3.26. The van der Waals surface area contributed by atoms with Crippen LogP contribution in [0, 0.1) is 0 Å². The maximum atomic E-state index is 11.9. The molecule has 5 heteroatoms. The molecule has 19 heavy (non-hydrogen) atoms. The van der Waals surface area contributed by atoms with E-state index in [2.05, 4.69) is 10.2 Å². The highest BCUT2D eigenvalue weighted by Gasteiger charge is 2.21. The van der Waals surface area contributed by atoms with Crippen LogP contribution in [0.1, 0.15) is 12.5 Å². The molecule has 104 valence electrons. The van der Waals surface area contributed by atoms with Gasteiger partial charge in [0.1, 0.15) is 0 Å². The van der Waals surface area contributed by atoms with E-state index in [1.807, 2.05) is 25.1 Å². The monoisotopic (exact) mass is 263 g/mol. The lowest BCUT2D eigenvalue weighted by Gasteiger charge is -2.20. The Labute approximate surface area is 113 Å². The van der Waals surface area contributed by atoms with Crippen molar-refractivity contribution in [2.75, 3.05) is 37.4 Å². The fourth-order valence-electron chi connectivity index (χ4n) is 2.41. The number of nitrogens with one attached hydrogen (secondary N) is 1. The molecule has 0 radical (unpaired) electrons. The Morgan fingerprint density at radius 3 is 3.11 bits per heavy atom. The number of hydrogen-bond donors (Lipinski definition) is 2. The molecule has 3 N–H and O–H groups in total. The molecule has 1 amide bonds. The highest BCUT2D eigenvalue weighted by atomic mass is 16.5. The molecule has 1 aromatic rings. The molecule has 5 nitrogen and oxygen atoms in total. The Morgan fingerprint density at radius 1 is 1.58 bits per heavy atom. The van der Waals surface area contributed by atoms with Gasteiger partial charge in [-0.3, -0.25) is 4.79 Å². The van der Waals surface area contributed by atoms with Crippen LogP contribution in [0.15, 0.2) is 18.2 Å². The van der Waals surface area contributed by atoms with Gasteiger partial charge in [0.25, 0.3) is 0 Å². The van der Waals surface area contributed by atoms with Crippen molar-refractivity contribution in [1.82, 2.24) is 5.32 Å². The average Bonchev–Trinajstić information content (AvgIpc) is 2.72. The third kappa shape index (κ3) is 3.38. The van der Waals surface area contributed by atoms with E-state index in [1.165, 1.54) is 5.56 Å². The Bertz CT molecular complexity index is 462. The summed E-state index contributed by atoms with van der Waals surface area (Å²) in [4.78, 5) is 14.0. The molecule has 1 unspecified atom stereocenters. The lowest BCUT2D eigenvalue weighted by molar-refractivity contribution is -0.120. The van der Waals surface area contributed by atoms with E-state index in [4.69, 9.17) is 10.5 Å². The number of carbonyl (C=O) groups is 1. The number of nitrogens with zero attached hydrogens (tertiary/aromatic N) is 1. The fraction of sp³-hybridized carbons (Fsp3) is 0.500. The number of rotatable bonds is 5. The van der Waals surface area contributed by atoms with Crippen LogP contribution in [0.5, 0.6) is 0 Å². The fourth-order valence-corrected chi connectivity index (χ4v) is 2.41. The van der Waals surface area contributed by atoms with Crippen LogP contribution in [-0.4, -0.2) is 38.8 Å². The lowest BCUT2D eigenvalue weighted by atomic mass is 10.1. The second-order valence-corrected chi connectivity index (χ2v) is 4.98. The van der Waals surface area contributed by atoms with Gasteiger partial charge in [-0.1, -0.05) is 6.07 Å². The molecule has 0 aliphatic carbocycles. The minimum Gasteiger partial charge on any atom is -0.399 e. The number of carbonyl (C=O) groups excluding carboxylic acids is 1. The first-order valence-corrected chi connectivity index (χ1v) is 6.52. The van der Waals surface area contributed by atoms with Gasteiger partial charge in [0.15, 0.2) is 0 Å². The van der Waals surface area contributed by atoms with Gasteiger partial charge in [0.05, 0.1) is 13.2 Å². The second-order valence-electron chi connectivity index (χ2n) is 4.98. The largest absolute Gasteiger partial charge is 0.399 e. The summed E-state index contributed by atoms with van der Waals surface area (Å²) in [5.41, 5.74) is 8.87. The summed E-state index contributed by atoms with van der Waals surface area (Å²) in [5.74, 6) is 0.0137. The molecule has 1 atom stereocenters. The summed E-state index contributed by atoms with van der Waals surface area (Å²) in [6.07, 6.45) is 0.969. The Kier molecular flexibility index (Phi) is 4.27. The molecule has 0 aromatic heterocycles. The molecule has 1 heterocycles. The van der Waals surface area contributed by atoms with Crippen molar-refractivity contribution < 1.29 is 9.53 Å². The Balaban J connectivity index is 1.95. The third-order valence-electron chi connectivity index (χ3n) is 3.26. The molecular weight excluding hydrogens is 242 g/mol. The molecular formula is C14H21N3O2. The van der Waals surface area contributed by atoms with Gasteiger partial charge < -0.3 is 20.7 Å². The maximum absolute atomic E-state index is 11.9. The van der Waals surface area contributed by atoms with Gasteiger partial charge in [0, 0.05) is 31.1 Å². The molecule has 0 saturated heterocycles. The van der Waals surface area contributed by atoms with Crippen LogP contribution in [0.3, 0.4) is 0 Å². The zero-order valence-corrected chi connectivity index (χ0v) is 11.5. The quantitative estimate of drug-likeness (QED) is 0.770. The number of amides is 1. The normalized spacial score (nSPS) is 15.2. The number of ether oxygens (including phenoxy) is 1. The lowest BCUT2D eigenvalue weighted by Crippen LogP contribution is -2.42. The van der Waals surface area contributed by atoms with Gasteiger partial charge in [-0.2, -0.15) is 0 Å². The van der Waals surface area contributed by atoms with Crippen LogP contribution in [0.4, 0.5) is 11.4 Å². The highest BCUT2D eigenvalue weighted by molar-refractivity contribution is 5.83. The van der Waals surface area contributed by atoms with Crippen LogP contribution in [0.25, 0.3) is 0 Å². The summed E-state index contributed by atoms with van der Waals surface area (Å²) in [5, 5.41) is 2.92. The van der Waals surface area contributed by atoms with Crippen LogP contribution < -0.4 is 16.0 Å². The smallest absolute Gasteiger partial charge is 0.239 e. The number of anilines is 2. The van der Waals surface area contributed by atoms with E-state index >= 15 is 0 Å². The van der Waals surface area contributed by atoms with Crippen LogP contribution >= 0.6 is 0 Å². The van der Waals surface area contributed by atoms with Crippen molar-refractivity contribution >= 4 is 17.3 Å². The van der Waals surface area contributed by atoms with E-state index < -0.39 is 0 Å². The summed E-state index contributed by atoms with van der Waals surface area (Å²) in [7, 11) is 1.63. The number of methoxy groups -OCH3 is 1. The zero-order chi connectivity index (χ0) is 13.8. The first kappa shape index (κ1) is 13.7. The number of hydrogen-bond acceptors (Lipinski definition) is 4. The standard InChI is InChI=1S/C14H21N3O2/c1-10(9-19-2)16-14(18)8-17-6-5-11-3-4-12(15)7-13(11)17/h3-4,7,10H,5-6,8-9,15H2,1-2H3,(H,16,18). The minimum atomic E-state index is 0.0137.